The third kappa shape index (κ3) is 3.21. The molecule has 19 heavy (non-hydrogen) atoms. The van der Waals surface area contributed by atoms with Crippen molar-refractivity contribution in [2.45, 2.75) is 6.54 Å². The first-order chi connectivity index (χ1) is 9.08. The van der Waals surface area contributed by atoms with Crippen LogP contribution in [0.5, 0.6) is 0 Å². The van der Waals surface area contributed by atoms with Gasteiger partial charge in [0.15, 0.2) is 12.4 Å². The van der Waals surface area contributed by atoms with Gasteiger partial charge in [-0.1, -0.05) is 17.7 Å². The number of nitrogen functional groups attached to an aromatic ring is 1. The number of aromatic nitrogens is 1. The summed E-state index contributed by atoms with van der Waals surface area (Å²) in [6, 6.07) is 9.94. The summed E-state index contributed by atoms with van der Waals surface area (Å²) in [5, 5.41) is 10.7. The van der Waals surface area contributed by atoms with Crippen LogP contribution in [0.2, 0.25) is 5.02 Å². The van der Waals surface area contributed by atoms with Crippen LogP contribution < -0.4 is 15.4 Å². The number of nitrogens with zero attached hydrogens (tertiary/aromatic N) is 2. The Morgan fingerprint density at radius 3 is 2.63 bits per heavy atom. The minimum Gasteiger partial charge on any atom is -0.398 e. The topological polar surface area (TPSA) is 70.4 Å². The number of benzene rings is 1. The zero-order valence-corrected chi connectivity index (χ0v) is 10.8. The Morgan fingerprint density at radius 2 is 2.00 bits per heavy atom. The molecule has 1 aromatic carbocycles. The minimum absolute atomic E-state index is 0.0271. The van der Waals surface area contributed by atoms with Crippen LogP contribution in [-0.4, -0.2) is 11.1 Å². The van der Waals surface area contributed by atoms with Crippen LogP contribution in [0.4, 0.5) is 11.4 Å². The highest BCUT2D eigenvalue weighted by Gasteiger charge is 2.18. The summed E-state index contributed by atoms with van der Waals surface area (Å²) in [5.41, 5.74) is 6.24. The minimum atomic E-state index is -0.475. The van der Waals surface area contributed by atoms with E-state index in [2.05, 4.69) is 0 Å². The molecule has 3 N–H and O–H groups in total. The molecular weight excluding hydrogens is 266 g/mol. The van der Waals surface area contributed by atoms with Gasteiger partial charge in [-0.2, -0.15) is 9.63 Å². The molecule has 1 heterocycles. The highest BCUT2D eigenvalue weighted by Crippen LogP contribution is 2.24. The standard InChI is InChI=1S/C13H13ClN3O2/c14-11-8-10(4-5-12(11)15)17(19)13(18)9-16-6-2-1-3-7-16/h1-8,19H,9,15H2/q+1. The van der Waals surface area contributed by atoms with Crippen LogP contribution in [0.3, 0.4) is 0 Å². The van der Waals surface area contributed by atoms with E-state index in [1.54, 1.807) is 29.1 Å². The molecule has 1 aromatic heterocycles. The summed E-state index contributed by atoms with van der Waals surface area (Å²) >= 11 is 5.84. The van der Waals surface area contributed by atoms with Gasteiger partial charge in [0.25, 0.3) is 0 Å². The molecule has 6 heteroatoms. The lowest BCUT2D eigenvalue weighted by Crippen LogP contribution is -2.43. The third-order valence-electron chi connectivity index (χ3n) is 2.56. The molecule has 2 aromatic rings. The fourth-order valence-corrected chi connectivity index (χ4v) is 1.73. The van der Waals surface area contributed by atoms with Crippen LogP contribution in [0.1, 0.15) is 0 Å². The Kier molecular flexibility index (Phi) is 3.99. The SMILES string of the molecule is Nc1ccc(N(O)C(=O)C[n+]2ccccc2)cc1Cl. The molecule has 0 fully saturated rings. The maximum absolute atomic E-state index is 11.9. The fraction of sp³-hybridized carbons (Fsp3) is 0.0769. The smallest absolute Gasteiger partial charge is 0.316 e. The van der Waals surface area contributed by atoms with Crippen molar-refractivity contribution in [2.24, 2.45) is 0 Å². The van der Waals surface area contributed by atoms with Crippen molar-refractivity contribution < 1.29 is 14.6 Å². The van der Waals surface area contributed by atoms with Crippen molar-refractivity contribution in [3.8, 4) is 0 Å². The molecule has 0 aliphatic carbocycles. The fourth-order valence-electron chi connectivity index (χ4n) is 1.55. The van der Waals surface area contributed by atoms with Crippen molar-refractivity contribution in [1.82, 2.24) is 0 Å². The number of hydrogen-bond acceptors (Lipinski definition) is 3. The van der Waals surface area contributed by atoms with Gasteiger partial charge in [0.05, 0.1) is 16.4 Å². The summed E-state index contributed by atoms with van der Waals surface area (Å²) in [4.78, 5) is 11.9. The number of anilines is 2. The second kappa shape index (κ2) is 5.69. The lowest BCUT2D eigenvalue weighted by atomic mass is 10.3. The van der Waals surface area contributed by atoms with Gasteiger partial charge in [-0.05, 0) is 18.2 Å². The first-order valence-corrected chi connectivity index (χ1v) is 5.96. The van der Waals surface area contributed by atoms with Crippen molar-refractivity contribution in [1.29, 1.82) is 0 Å². The summed E-state index contributed by atoms with van der Waals surface area (Å²) in [7, 11) is 0. The summed E-state index contributed by atoms with van der Waals surface area (Å²) in [6.45, 7) is 0.0271. The van der Waals surface area contributed by atoms with Gasteiger partial charge in [0.2, 0.25) is 6.54 Å². The van der Waals surface area contributed by atoms with Gasteiger partial charge in [-0.25, -0.2) is 0 Å². The second-order valence-electron chi connectivity index (χ2n) is 3.96. The Balaban J connectivity index is 2.12. The molecular formula is C13H13ClN3O2+. The molecule has 0 unspecified atom stereocenters. The van der Waals surface area contributed by atoms with E-state index in [-0.39, 0.29) is 17.3 Å². The molecule has 0 atom stereocenters. The monoisotopic (exact) mass is 278 g/mol. The first-order valence-electron chi connectivity index (χ1n) is 5.59. The molecule has 98 valence electrons. The quantitative estimate of drug-likeness (QED) is 0.388. The number of hydrogen-bond donors (Lipinski definition) is 2. The van der Waals surface area contributed by atoms with Gasteiger partial charge >= 0.3 is 5.91 Å². The Bertz CT molecular complexity index is 590. The van der Waals surface area contributed by atoms with Crippen LogP contribution in [-0.2, 0) is 11.3 Å². The number of carbonyl (C=O) groups excluding carboxylic acids is 1. The van der Waals surface area contributed by atoms with Crippen molar-refractivity contribution in [3.05, 3.63) is 53.8 Å². The van der Waals surface area contributed by atoms with Crippen LogP contribution >= 0.6 is 11.6 Å². The number of rotatable bonds is 3. The molecule has 0 saturated carbocycles. The number of halogens is 1. The summed E-state index contributed by atoms with van der Waals surface area (Å²) < 4.78 is 1.66. The first kappa shape index (κ1) is 13.3. The van der Waals surface area contributed by atoms with Crippen LogP contribution in [0, 0.1) is 0 Å². The van der Waals surface area contributed by atoms with E-state index in [1.807, 2.05) is 6.07 Å². The second-order valence-corrected chi connectivity index (χ2v) is 4.37. The van der Waals surface area contributed by atoms with Crippen LogP contribution in [0.15, 0.2) is 48.8 Å². The largest absolute Gasteiger partial charge is 0.398 e. The zero-order chi connectivity index (χ0) is 13.8. The molecule has 0 aliphatic heterocycles. The molecule has 0 radical (unpaired) electrons. The van der Waals surface area contributed by atoms with E-state index in [0.29, 0.717) is 10.8 Å². The number of amides is 1. The average molecular weight is 279 g/mol. The van der Waals surface area contributed by atoms with E-state index < -0.39 is 5.91 Å². The number of hydroxylamine groups is 1. The van der Waals surface area contributed by atoms with Crippen LogP contribution in [0.25, 0.3) is 0 Å². The van der Waals surface area contributed by atoms with Crippen molar-refractivity contribution in [2.75, 3.05) is 10.8 Å². The van der Waals surface area contributed by atoms with Gasteiger partial charge in [0.1, 0.15) is 0 Å². The van der Waals surface area contributed by atoms with E-state index in [4.69, 9.17) is 17.3 Å². The van der Waals surface area contributed by atoms with E-state index in [1.165, 1.54) is 18.2 Å². The number of pyridine rings is 1. The summed E-state index contributed by atoms with van der Waals surface area (Å²) in [5.74, 6) is -0.475. The lowest BCUT2D eigenvalue weighted by molar-refractivity contribution is -0.684. The van der Waals surface area contributed by atoms with E-state index >= 15 is 0 Å². The third-order valence-corrected chi connectivity index (χ3v) is 2.89. The maximum atomic E-state index is 11.9. The summed E-state index contributed by atoms with van der Waals surface area (Å²) in [6.07, 6.45) is 3.48. The Hall–Kier alpha value is -2.11. The van der Waals surface area contributed by atoms with E-state index in [0.717, 1.165) is 0 Å². The number of nitrogens with two attached hydrogens (primary N) is 1. The lowest BCUT2D eigenvalue weighted by Gasteiger charge is -2.14. The Morgan fingerprint density at radius 1 is 1.32 bits per heavy atom. The van der Waals surface area contributed by atoms with E-state index in [9.17, 15) is 10.0 Å². The van der Waals surface area contributed by atoms with Gasteiger partial charge in [-0.15, -0.1) is 0 Å². The van der Waals surface area contributed by atoms with Crippen molar-refractivity contribution >= 4 is 28.9 Å². The normalized spacial score (nSPS) is 10.2. The molecule has 0 bridgehead atoms. The zero-order valence-electron chi connectivity index (χ0n) is 10.0. The highest BCUT2D eigenvalue weighted by molar-refractivity contribution is 6.33. The predicted octanol–water partition coefficient (Wildman–Crippen LogP) is 1.63. The Labute approximate surface area is 115 Å². The molecule has 0 aliphatic rings. The van der Waals surface area contributed by atoms with Gasteiger partial charge < -0.3 is 5.73 Å². The average Bonchev–Trinajstić information content (AvgIpc) is 2.42. The predicted molar refractivity (Wildman–Crippen MR) is 71.8 cm³/mol. The molecule has 5 nitrogen and oxygen atoms in total. The van der Waals surface area contributed by atoms with Gasteiger partial charge in [0, 0.05) is 12.1 Å². The van der Waals surface area contributed by atoms with Crippen molar-refractivity contribution in [3.63, 3.8) is 0 Å². The molecule has 0 spiro atoms. The van der Waals surface area contributed by atoms with Gasteiger partial charge in [-0.3, -0.25) is 10.0 Å². The molecule has 1 amide bonds. The maximum Gasteiger partial charge on any atom is 0.316 e. The highest BCUT2D eigenvalue weighted by atomic mass is 35.5. The molecule has 0 saturated heterocycles. The number of carbonyl (C=O) groups is 1. The molecule has 2 rings (SSSR count).